The van der Waals surface area contributed by atoms with Gasteiger partial charge >= 0.3 is 0 Å². The first-order valence-electron chi connectivity index (χ1n) is 6.09. The summed E-state index contributed by atoms with van der Waals surface area (Å²) in [4.78, 5) is 24.5. The number of aldehydes is 1. The van der Waals surface area contributed by atoms with E-state index in [1.807, 2.05) is 30.3 Å². The van der Waals surface area contributed by atoms with Gasteiger partial charge in [-0.15, -0.1) is 0 Å². The zero-order valence-corrected chi connectivity index (χ0v) is 10.8. The predicted octanol–water partition coefficient (Wildman–Crippen LogP) is 1.96. The number of rotatable bonds is 5. The van der Waals surface area contributed by atoms with Crippen molar-refractivity contribution in [3.05, 3.63) is 59.9 Å². The van der Waals surface area contributed by atoms with E-state index in [4.69, 9.17) is 0 Å². The molecule has 0 saturated heterocycles. The lowest BCUT2D eigenvalue weighted by Gasteiger charge is -2.18. The molecule has 0 bridgehead atoms. The Balaban J connectivity index is 1.98. The van der Waals surface area contributed by atoms with Crippen molar-refractivity contribution in [3.8, 4) is 0 Å². The van der Waals surface area contributed by atoms with Crippen LogP contribution in [0.15, 0.2) is 48.7 Å². The number of carbonyl (C=O) groups is 2. The minimum atomic E-state index is -0.0249. The molecule has 0 atom stereocenters. The molecule has 4 nitrogen and oxygen atoms in total. The van der Waals surface area contributed by atoms with Crippen LogP contribution in [0.2, 0.25) is 0 Å². The van der Waals surface area contributed by atoms with Crippen molar-refractivity contribution in [1.29, 1.82) is 0 Å². The molecule has 0 aliphatic carbocycles. The third-order valence-electron chi connectivity index (χ3n) is 2.98. The zero-order chi connectivity index (χ0) is 13.7. The molecule has 0 unspecified atom stereocenters. The average Bonchev–Trinajstić information content (AvgIpc) is 2.87. The van der Waals surface area contributed by atoms with Crippen LogP contribution in [0.1, 0.15) is 16.1 Å². The molecule has 98 valence electrons. The Bertz CT molecular complexity index is 561. The Kier molecular flexibility index (Phi) is 4.13. The normalized spacial score (nSPS) is 10.2. The molecule has 1 amide bonds. The zero-order valence-electron chi connectivity index (χ0n) is 10.8. The number of benzene rings is 1. The van der Waals surface area contributed by atoms with Crippen LogP contribution >= 0.6 is 0 Å². The van der Waals surface area contributed by atoms with Crippen LogP contribution in [-0.4, -0.2) is 28.7 Å². The van der Waals surface area contributed by atoms with Gasteiger partial charge in [0.25, 0.3) is 0 Å². The molecule has 0 aliphatic heterocycles. The summed E-state index contributed by atoms with van der Waals surface area (Å²) >= 11 is 0. The lowest BCUT2D eigenvalue weighted by atomic mass is 10.2. The Morgan fingerprint density at radius 2 is 1.95 bits per heavy atom. The van der Waals surface area contributed by atoms with Crippen LogP contribution in [-0.2, 0) is 17.9 Å². The third-order valence-corrected chi connectivity index (χ3v) is 2.98. The summed E-state index contributed by atoms with van der Waals surface area (Å²) in [5.74, 6) is -0.0249. The molecule has 0 saturated carbocycles. The van der Waals surface area contributed by atoms with Crippen molar-refractivity contribution >= 4 is 12.2 Å². The number of aromatic nitrogens is 1. The van der Waals surface area contributed by atoms with E-state index >= 15 is 0 Å². The van der Waals surface area contributed by atoms with Crippen LogP contribution in [0.4, 0.5) is 0 Å². The van der Waals surface area contributed by atoms with Gasteiger partial charge in [-0.1, -0.05) is 30.3 Å². The van der Waals surface area contributed by atoms with E-state index in [9.17, 15) is 9.59 Å². The second kappa shape index (κ2) is 6.00. The van der Waals surface area contributed by atoms with Crippen molar-refractivity contribution in [1.82, 2.24) is 9.47 Å². The first kappa shape index (κ1) is 13.1. The first-order valence-corrected chi connectivity index (χ1v) is 6.09. The number of nitrogens with zero attached hydrogens (tertiary/aromatic N) is 2. The minimum absolute atomic E-state index is 0.0249. The molecule has 0 spiro atoms. The summed E-state index contributed by atoms with van der Waals surface area (Å²) < 4.78 is 1.65. The van der Waals surface area contributed by atoms with Gasteiger partial charge in [0, 0.05) is 19.8 Å². The molecule has 0 radical (unpaired) electrons. The summed E-state index contributed by atoms with van der Waals surface area (Å²) in [6, 6.07) is 13.3. The molecule has 0 N–H and O–H groups in total. The van der Waals surface area contributed by atoms with Crippen molar-refractivity contribution in [2.24, 2.45) is 0 Å². The van der Waals surface area contributed by atoms with E-state index < -0.39 is 0 Å². The van der Waals surface area contributed by atoms with Gasteiger partial charge in [-0.05, 0) is 17.7 Å². The van der Waals surface area contributed by atoms with Gasteiger partial charge in [-0.25, -0.2) is 0 Å². The second-order valence-electron chi connectivity index (χ2n) is 4.41. The summed E-state index contributed by atoms with van der Waals surface area (Å²) in [7, 11) is 1.76. The lowest BCUT2D eigenvalue weighted by molar-refractivity contribution is -0.131. The summed E-state index contributed by atoms with van der Waals surface area (Å²) in [6.07, 6.45) is 2.49. The van der Waals surface area contributed by atoms with E-state index in [1.54, 1.807) is 34.8 Å². The molecule has 2 aromatic rings. The molecule has 2 rings (SSSR count). The largest absolute Gasteiger partial charge is 0.340 e. The maximum absolute atomic E-state index is 12.1. The van der Waals surface area contributed by atoms with E-state index in [-0.39, 0.29) is 12.5 Å². The molecule has 1 aromatic heterocycles. The van der Waals surface area contributed by atoms with Gasteiger partial charge in [-0.2, -0.15) is 0 Å². The third kappa shape index (κ3) is 3.31. The fourth-order valence-electron chi connectivity index (χ4n) is 1.89. The standard InChI is InChI=1S/C15H16N2O2/c1-16(10-13-6-3-2-4-7-13)15(19)11-17-9-5-8-14(17)12-18/h2-9,12H,10-11H2,1H3. The highest BCUT2D eigenvalue weighted by Gasteiger charge is 2.11. The van der Waals surface area contributed by atoms with Gasteiger partial charge < -0.3 is 9.47 Å². The summed E-state index contributed by atoms with van der Waals surface area (Å²) in [5.41, 5.74) is 1.60. The average molecular weight is 256 g/mol. The van der Waals surface area contributed by atoms with Gasteiger partial charge in [-0.3, -0.25) is 9.59 Å². The minimum Gasteiger partial charge on any atom is -0.340 e. The fraction of sp³-hybridized carbons (Fsp3) is 0.200. The number of likely N-dealkylation sites (N-methyl/N-ethyl adjacent to an activating group) is 1. The van der Waals surface area contributed by atoms with Crippen molar-refractivity contribution < 1.29 is 9.59 Å². The van der Waals surface area contributed by atoms with Crippen LogP contribution < -0.4 is 0 Å². The molecule has 0 aliphatic rings. The lowest BCUT2D eigenvalue weighted by Crippen LogP contribution is -2.30. The molecule has 19 heavy (non-hydrogen) atoms. The Labute approximate surface area is 112 Å². The van der Waals surface area contributed by atoms with E-state index in [0.717, 1.165) is 11.8 Å². The Hall–Kier alpha value is -2.36. The SMILES string of the molecule is CN(Cc1ccccc1)C(=O)Cn1cccc1C=O. The molecular weight excluding hydrogens is 240 g/mol. The van der Waals surface area contributed by atoms with Crippen LogP contribution in [0, 0.1) is 0 Å². The van der Waals surface area contributed by atoms with E-state index in [1.165, 1.54) is 0 Å². The second-order valence-corrected chi connectivity index (χ2v) is 4.41. The smallest absolute Gasteiger partial charge is 0.242 e. The van der Waals surface area contributed by atoms with Gasteiger partial charge in [0.1, 0.15) is 6.54 Å². The molecule has 1 aromatic carbocycles. The first-order chi connectivity index (χ1) is 9.20. The maximum atomic E-state index is 12.1. The Morgan fingerprint density at radius 3 is 2.63 bits per heavy atom. The van der Waals surface area contributed by atoms with Gasteiger partial charge in [0.05, 0.1) is 5.69 Å². The summed E-state index contributed by atoms with van der Waals surface area (Å²) in [6.45, 7) is 0.752. The van der Waals surface area contributed by atoms with E-state index in [2.05, 4.69) is 0 Å². The van der Waals surface area contributed by atoms with Crippen molar-refractivity contribution in [2.45, 2.75) is 13.1 Å². The van der Waals surface area contributed by atoms with Crippen molar-refractivity contribution in [3.63, 3.8) is 0 Å². The molecule has 1 heterocycles. The number of hydrogen-bond acceptors (Lipinski definition) is 2. The highest BCUT2D eigenvalue weighted by Crippen LogP contribution is 2.05. The molecule has 0 fully saturated rings. The van der Waals surface area contributed by atoms with Crippen LogP contribution in [0.5, 0.6) is 0 Å². The monoisotopic (exact) mass is 256 g/mol. The highest BCUT2D eigenvalue weighted by molar-refractivity contribution is 5.78. The predicted molar refractivity (Wildman–Crippen MR) is 72.7 cm³/mol. The van der Waals surface area contributed by atoms with Gasteiger partial charge in [0.2, 0.25) is 5.91 Å². The summed E-state index contributed by atoms with van der Waals surface area (Å²) in [5, 5.41) is 0. The maximum Gasteiger partial charge on any atom is 0.242 e. The number of carbonyl (C=O) groups excluding carboxylic acids is 2. The van der Waals surface area contributed by atoms with Crippen LogP contribution in [0.3, 0.4) is 0 Å². The van der Waals surface area contributed by atoms with Crippen LogP contribution in [0.25, 0.3) is 0 Å². The fourth-order valence-corrected chi connectivity index (χ4v) is 1.89. The topological polar surface area (TPSA) is 42.3 Å². The van der Waals surface area contributed by atoms with Gasteiger partial charge in [0.15, 0.2) is 6.29 Å². The molecular formula is C15H16N2O2. The number of amides is 1. The van der Waals surface area contributed by atoms with E-state index in [0.29, 0.717) is 12.2 Å². The quantitative estimate of drug-likeness (QED) is 0.767. The Morgan fingerprint density at radius 1 is 1.21 bits per heavy atom. The highest BCUT2D eigenvalue weighted by atomic mass is 16.2. The molecule has 4 heteroatoms. The van der Waals surface area contributed by atoms with Crippen molar-refractivity contribution in [2.75, 3.05) is 7.05 Å². The number of hydrogen-bond donors (Lipinski definition) is 0.